The van der Waals surface area contributed by atoms with Crippen molar-refractivity contribution in [3.63, 3.8) is 0 Å². The average molecular weight is 382 g/mol. The summed E-state index contributed by atoms with van der Waals surface area (Å²) < 4.78 is 38.8. The molecule has 3 aromatic rings. The third-order valence-electron chi connectivity index (χ3n) is 3.28. The van der Waals surface area contributed by atoms with E-state index in [0.717, 1.165) is 23.5 Å². The van der Waals surface area contributed by atoms with Crippen molar-refractivity contribution in [1.82, 2.24) is 9.97 Å². The Morgan fingerprint density at radius 3 is 2.60 bits per heavy atom. The van der Waals surface area contributed by atoms with Crippen molar-refractivity contribution < 1.29 is 18.3 Å². The Labute approximate surface area is 148 Å². The second-order valence-corrected chi connectivity index (χ2v) is 6.32. The normalized spacial score (nSPS) is 12.8. The van der Waals surface area contributed by atoms with Crippen LogP contribution in [0.5, 0.6) is 0 Å². The van der Waals surface area contributed by atoms with E-state index >= 15 is 0 Å². The smallest absolute Gasteiger partial charge is 0.416 e. The van der Waals surface area contributed by atoms with Gasteiger partial charge in [0.15, 0.2) is 0 Å². The van der Waals surface area contributed by atoms with Crippen molar-refractivity contribution in [2.45, 2.75) is 6.18 Å². The number of benzene rings is 1. The van der Waals surface area contributed by atoms with Gasteiger partial charge in [-0.2, -0.15) is 18.4 Å². The standard InChI is InChI=1S/C16H7ClF3N3OS/c17-13-4-1-8(7-22-13)14(24)10(6-21)15-23-11-5-9(16(18,19)20)2-3-12(11)25-15/h1-5,7,24H. The first-order valence-corrected chi connectivity index (χ1v) is 7.92. The lowest BCUT2D eigenvalue weighted by atomic mass is 10.1. The predicted octanol–water partition coefficient (Wildman–Crippen LogP) is 5.31. The Hall–Kier alpha value is -2.63. The maximum absolute atomic E-state index is 12.8. The van der Waals surface area contributed by atoms with Crippen LogP contribution in [0.2, 0.25) is 5.15 Å². The third-order valence-corrected chi connectivity index (χ3v) is 4.56. The monoisotopic (exact) mass is 381 g/mol. The fourth-order valence-corrected chi connectivity index (χ4v) is 3.13. The van der Waals surface area contributed by atoms with E-state index in [-0.39, 0.29) is 32.6 Å². The van der Waals surface area contributed by atoms with Crippen LogP contribution in [0.15, 0.2) is 36.5 Å². The number of nitrogens with zero attached hydrogens (tertiary/aromatic N) is 3. The van der Waals surface area contributed by atoms with Crippen LogP contribution in [0.4, 0.5) is 13.2 Å². The minimum atomic E-state index is -4.48. The number of thiazole rings is 1. The van der Waals surface area contributed by atoms with E-state index in [1.807, 2.05) is 6.07 Å². The molecule has 126 valence electrons. The molecule has 3 rings (SSSR count). The van der Waals surface area contributed by atoms with Gasteiger partial charge < -0.3 is 5.11 Å². The van der Waals surface area contributed by atoms with Gasteiger partial charge in [-0.05, 0) is 30.3 Å². The van der Waals surface area contributed by atoms with Gasteiger partial charge in [-0.15, -0.1) is 11.3 Å². The molecule has 0 aliphatic carbocycles. The Balaban J connectivity index is 2.11. The van der Waals surface area contributed by atoms with E-state index in [0.29, 0.717) is 4.70 Å². The number of aliphatic hydroxyl groups excluding tert-OH is 1. The van der Waals surface area contributed by atoms with Crippen LogP contribution >= 0.6 is 22.9 Å². The molecule has 0 saturated carbocycles. The van der Waals surface area contributed by atoms with Crippen molar-refractivity contribution in [3.8, 4) is 6.07 Å². The maximum atomic E-state index is 12.8. The molecule has 0 bridgehead atoms. The summed E-state index contributed by atoms with van der Waals surface area (Å²) in [6.07, 6.45) is -3.20. The molecule has 1 aromatic carbocycles. The molecule has 2 heterocycles. The van der Waals surface area contributed by atoms with Gasteiger partial charge in [0.25, 0.3) is 0 Å². The van der Waals surface area contributed by atoms with Crippen LogP contribution in [0.1, 0.15) is 16.1 Å². The van der Waals surface area contributed by atoms with Gasteiger partial charge in [0.2, 0.25) is 0 Å². The zero-order valence-electron chi connectivity index (χ0n) is 12.2. The van der Waals surface area contributed by atoms with E-state index in [1.54, 1.807) is 0 Å². The van der Waals surface area contributed by atoms with E-state index in [9.17, 15) is 23.5 Å². The van der Waals surface area contributed by atoms with Gasteiger partial charge in [0.1, 0.15) is 27.6 Å². The molecule has 1 N–H and O–H groups in total. The summed E-state index contributed by atoms with van der Waals surface area (Å²) in [5.74, 6) is -0.373. The topological polar surface area (TPSA) is 69.8 Å². The first-order valence-electron chi connectivity index (χ1n) is 6.73. The summed E-state index contributed by atoms with van der Waals surface area (Å²) in [6, 6.07) is 7.88. The Bertz CT molecular complexity index is 1020. The highest BCUT2D eigenvalue weighted by atomic mass is 35.5. The van der Waals surface area contributed by atoms with Crippen LogP contribution < -0.4 is 0 Å². The summed E-state index contributed by atoms with van der Waals surface area (Å²) in [4.78, 5) is 7.87. The fraction of sp³-hybridized carbons (Fsp3) is 0.0625. The van der Waals surface area contributed by atoms with Gasteiger partial charge in [-0.25, -0.2) is 9.97 Å². The highest BCUT2D eigenvalue weighted by Crippen LogP contribution is 2.35. The van der Waals surface area contributed by atoms with Gasteiger partial charge >= 0.3 is 6.18 Å². The summed E-state index contributed by atoms with van der Waals surface area (Å²) in [5.41, 5.74) is -0.634. The number of pyridine rings is 1. The molecule has 0 amide bonds. The molecule has 0 atom stereocenters. The number of aliphatic hydroxyl groups is 1. The number of halogens is 4. The third kappa shape index (κ3) is 3.43. The molecule has 0 saturated heterocycles. The Morgan fingerprint density at radius 1 is 1.24 bits per heavy atom. The predicted molar refractivity (Wildman–Crippen MR) is 88.9 cm³/mol. The molecule has 2 aromatic heterocycles. The molecule has 9 heteroatoms. The zero-order valence-corrected chi connectivity index (χ0v) is 13.7. The lowest BCUT2D eigenvalue weighted by Gasteiger charge is -2.04. The number of nitriles is 1. The van der Waals surface area contributed by atoms with Crippen LogP contribution in [-0.4, -0.2) is 15.1 Å². The number of fused-ring (bicyclic) bond motifs is 1. The van der Waals surface area contributed by atoms with Crippen LogP contribution in [0, 0.1) is 11.3 Å². The first-order chi connectivity index (χ1) is 11.8. The van der Waals surface area contributed by atoms with Crippen molar-refractivity contribution in [2.75, 3.05) is 0 Å². The van der Waals surface area contributed by atoms with E-state index < -0.39 is 11.7 Å². The average Bonchev–Trinajstić information content (AvgIpc) is 2.98. The van der Waals surface area contributed by atoms with Crippen molar-refractivity contribution >= 4 is 44.5 Å². The Kier molecular flexibility index (Phi) is 4.37. The molecule has 0 aliphatic heterocycles. The summed E-state index contributed by atoms with van der Waals surface area (Å²) >= 11 is 6.69. The zero-order chi connectivity index (χ0) is 18.2. The second kappa shape index (κ2) is 6.35. The van der Waals surface area contributed by atoms with E-state index in [4.69, 9.17) is 11.6 Å². The van der Waals surface area contributed by atoms with Gasteiger partial charge in [-0.3, -0.25) is 0 Å². The summed E-state index contributed by atoms with van der Waals surface area (Å²) in [6.45, 7) is 0. The number of alkyl halides is 3. The molecule has 25 heavy (non-hydrogen) atoms. The van der Waals surface area contributed by atoms with Crippen molar-refractivity contribution in [1.29, 1.82) is 5.26 Å². The number of allylic oxidation sites excluding steroid dienone is 1. The van der Waals surface area contributed by atoms with E-state index in [1.165, 1.54) is 24.4 Å². The second-order valence-electron chi connectivity index (χ2n) is 4.90. The molecule has 0 spiro atoms. The van der Waals surface area contributed by atoms with Crippen LogP contribution in [0.25, 0.3) is 21.5 Å². The number of hydrogen-bond donors (Lipinski definition) is 1. The number of hydrogen-bond acceptors (Lipinski definition) is 5. The van der Waals surface area contributed by atoms with Gasteiger partial charge in [-0.1, -0.05) is 11.6 Å². The molecular formula is C16H7ClF3N3OS. The molecule has 0 aliphatic rings. The highest BCUT2D eigenvalue weighted by Gasteiger charge is 2.31. The van der Waals surface area contributed by atoms with Gasteiger partial charge in [0.05, 0.1) is 15.8 Å². The van der Waals surface area contributed by atoms with Crippen LogP contribution in [-0.2, 0) is 6.18 Å². The number of aromatic nitrogens is 2. The lowest BCUT2D eigenvalue weighted by Crippen LogP contribution is -2.03. The van der Waals surface area contributed by atoms with Crippen molar-refractivity contribution in [3.05, 3.63) is 57.8 Å². The minimum absolute atomic E-state index is 0.101. The molecule has 0 fully saturated rings. The summed E-state index contributed by atoms with van der Waals surface area (Å²) in [5, 5.41) is 20.0. The lowest BCUT2D eigenvalue weighted by molar-refractivity contribution is -0.137. The maximum Gasteiger partial charge on any atom is 0.416 e. The quantitative estimate of drug-likeness (QED) is 0.371. The molecule has 0 unspecified atom stereocenters. The van der Waals surface area contributed by atoms with Crippen LogP contribution in [0.3, 0.4) is 0 Å². The fourth-order valence-electron chi connectivity index (χ4n) is 2.07. The van der Waals surface area contributed by atoms with E-state index in [2.05, 4.69) is 9.97 Å². The molecule has 0 radical (unpaired) electrons. The SMILES string of the molecule is N#CC(=C(O)c1ccc(Cl)nc1)c1nc2cc(C(F)(F)F)ccc2s1. The first kappa shape index (κ1) is 17.2. The summed E-state index contributed by atoms with van der Waals surface area (Å²) in [7, 11) is 0. The largest absolute Gasteiger partial charge is 0.506 e. The highest BCUT2D eigenvalue weighted by molar-refractivity contribution is 7.19. The molecular weight excluding hydrogens is 375 g/mol. The minimum Gasteiger partial charge on any atom is -0.506 e. The molecule has 4 nitrogen and oxygen atoms in total. The number of rotatable bonds is 2. The van der Waals surface area contributed by atoms with Crippen molar-refractivity contribution in [2.24, 2.45) is 0 Å². The van der Waals surface area contributed by atoms with Gasteiger partial charge in [0, 0.05) is 11.8 Å². The Morgan fingerprint density at radius 2 is 2.00 bits per heavy atom.